The van der Waals surface area contributed by atoms with Gasteiger partial charge in [0, 0.05) is 22.9 Å². The molecule has 6 heteroatoms. The van der Waals surface area contributed by atoms with E-state index in [1.807, 2.05) is 42.5 Å². The number of allylic oxidation sites excluding steroid dienone is 1. The second-order valence-electron chi connectivity index (χ2n) is 7.86. The lowest BCUT2D eigenvalue weighted by Gasteiger charge is -2.31. The quantitative estimate of drug-likeness (QED) is 0.621. The average Bonchev–Trinajstić information content (AvgIpc) is 2.75. The Morgan fingerprint density at radius 2 is 1.80 bits per heavy atom. The molecule has 2 aliphatic rings. The third-order valence-corrected chi connectivity index (χ3v) is 6.19. The molecule has 0 unspecified atom stereocenters. The Bertz CT molecular complexity index is 890. The van der Waals surface area contributed by atoms with Crippen molar-refractivity contribution < 1.29 is 19.4 Å². The van der Waals surface area contributed by atoms with Crippen LogP contribution >= 0.6 is 15.9 Å². The fraction of sp³-hybridized carbons (Fsp3) is 0.375. The summed E-state index contributed by atoms with van der Waals surface area (Å²) in [7, 11) is 0. The molecule has 30 heavy (non-hydrogen) atoms. The zero-order valence-electron chi connectivity index (χ0n) is 16.7. The molecule has 1 aliphatic heterocycles. The largest absolute Gasteiger partial charge is 0.459 e. The van der Waals surface area contributed by atoms with E-state index in [1.165, 1.54) is 0 Å². The first kappa shape index (κ1) is 21.1. The minimum absolute atomic E-state index is 0.0198. The van der Waals surface area contributed by atoms with Crippen LogP contribution in [0.3, 0.4) is 0 Å². The topological polar surface area (TPSA) is 67.8 Å². The molecule has 0 saturated heterocycles. The zero-order chi connectivity index (χ0) is 20.9. The summed E-state index contributed by atoms with van der Waals surface area (Å²) in [6.45, 7) is 0.396. The Labute approximate surface area is 185 Å². The first-order chi connectivity index (χ1) is 14.6. The maximum Gasteiger partial charge on any atom is 0.286 e. The average molecular weight is 472 g/mol. The van der Waals surface area contributed by atoms with Gasteiger partial charge < -0.3 is 19.9 Å². The monoisotopic (exact) mass is 471 g/mol. The molecule has 1 saturated carbocycles. The van der Waals surface area contributed by atoms with Crippen molar-refractivity contribution in [3.8, 4) is 0 Å². The Morgan fingerprint density at radius 3 is 2.43 bits per heavy atom. The van der Waals surface area contributed by atoms with Gasteiger partial charge in [-0.25, -0.2) is 0 Å². The SMILES string of the molecule is O=C(NC1CCC1)C1=C[C@@H](c2ccc(Br)cc2)C[C@@H](OCc2ccc(CO)cc2)O1. The number of rotatable bonds is 7. The van der Waals surface area contributed by atoms with Gasteiger partial charge in [-0.15, -0.1) is 0 Å². The Balaban J connectivity index is 1.46. The number of nitrogens with one attached hydrogen (secondary N) is 1. The van der Waals surface area contributed by atoms with E-state index in [0.717, 1.165) is 40.4 Å². The first-order valence-corrected chi connectivity index (χ1v) is 11.1. The van der Waals surface area contributed by atoms with E-state index in [4.69, 9.17) is 9.47 Å². The number of carbonyl (C=O) groups is 1. The fourth-order valence-corrected chi connectivity index (χ4v) is 3.86. The van der Waals surface area contributed by atoms with Gasteiger partial charge in [-0.3, -0.25) is 4.79 Å². The van der Waals surface area contributed by atoms with Gasteiger partial charge in [0.05, 0.1) is 13.2 Å². The molecule has 2 aromatic carbocycles. The van der Waals surface area contributed by atoms with Crippen LogP contribution in [0, 0.1) is 0 Å². The number of halogens is 1. The van der Waals surface area contributed by atoms with Crippen LogP contribution in [0.25, 0.3) is 0 Å². The van der Waals surface area contributed by atoms with E-state index in [9.17, 15) is 9.90 Å². The lowest BCUT2D eigenvalue weighted by atomic mass is 9.91. The van der Waals surface area contributed by atoms with E-state index >= 15 is 0 Å². The molecule has 158 valence electrons. The number of hydrogen-bond acceptors (Lipinski definition) is 4. The highest BCUT2D eigenvalue weighted by atomic mass is 79.9. The Hall–Kier alpha value is -2.15. The molecule has 4 rings (SSSR count). The molecule has 0 aromatic heterocycles. The summed E-state index contributed by atoms with van der Waals surface area (Å²) in [5.74, 6) is 0.208. The van der Waals surface area contributed by atoms with Crippen molar-refractivity contribution in [3.63, 3.8) is 0 Å². The van der Waals surface area contributed by atoms with Gasteiger partial charge in [0.2, 0.25) is 6.29 Å². The van der Waals surface area contributed by atoms with Crippen LogP contribution in [0.2, 0.25) is 0 Å². The summed E-state index contributed by atoms with van der Waals surface area (Å²) in [5, 5.41) is 12.2. The van der Waals surface area contributed by atoms with E-state index in [1.54, 1.807) is 0 Å². The molecular weight excluding hydrogens is 446 g/mol. The third kappa shape index (κ3) is 5.31. The van der Waals surface area contributed by atoms with Crippen LogP contribution in [0.5, 0.6) is 0 Å². The van der Waals surface area contributed by atoms with Crippen LogP contribution in [0.4, 0.5) is 0 Å². The van der Waals surface area contributed by atoms with Crippen LogP contribution in [0.1, 0.15) is 48.3 Å². The van der Waals surface area contributed by atoms with Crippen LogP contribution < -0.4 is 5.32 Å². The Morgan fingerprint density at radius 1 is 1.10 bits per heavy atom. The number of ether oxygens (including phenoxy) is 2. The van der Waals surface area contributed by atoms with Gasteiger partial charge in [-0.1, -0.05) is 52.3 Å². The van der Waals surface area contributed by atoms with E-state index in [-0.39, 0.29) is 24.5 Å². The first-order valence-electron chi connectivity index (χ1n) is 10.4. The normalized spacial score (nSPS) is 21.3. The van der Waals surface area contributed by atoms with E-state index in [0.29, 0.717) is 18.8 Å². The lowest BCUT2D eigenvalue weighted by molar-refractivity contribution is -0.150. The summed E-state index contributed by atoms with van der Waals surface area (Å²) in [6.07, 6.45) is 5.25. The number of hydrogen-bond donors (Lipinski definition) is 2. The molecule has 1 fully saturated rings. The maximum atomic E-state index is 12.7. The fourth-order valence-electron chi connectivity index (χ4n) is 3.60. The molecule has 0 bridgehead atoms. The maximum absolute atomic E-state index is 12.7. The predicted octanol–water partition coefficient (Wildman–Crippen LogP) is 4.54. The van der Waals surface area contributed by atoms with Crippen molar-refractivity contribution in [2.45, 2.75) is 57.1 Å². The predicted molar refractivity (Wildman–Crippen MR) is 117 cm³/mol. The standard InChI is InChI=1S/C24H26BrNO4/c25-20-10-8-18(9-11-20)19-12-22(24(28)26-21-2-1-3-21)30-23(13-19)29-15-17-6-4-16(14-27)5-7-17/h4-12,19,21,23,27H,1-3,13-15H2,(H,26,28)/t19-,23+/m1/s1. The van der Waals surface area contributed by atoms with Crippen molar-refractivity contribution in [1.29, 1.82) is 0 Å². The third-order valence-electron chi connectivity index (χ3n) is 5.66. The molecule has 5 nitrogen and oxygen atoms in total. The second kappa shape index (κ2) is 9.77. The van der Waals surface area contributed by atoms with Crippen LogP contribution in [-0.2, 0) is 27.5 Å². The molecule has 1 heterocycles. The van der Waals surface area contributed by atoms with Gasteiger partial charge in [0.1, 0.15) is 0 Å². The van der Waals surface area contributed by atoms with Gasteiger partial charge in [0.15, 0.2) is 5.76 Å². The van der Waals surface area contributed by atoms with Gasteiger partial charge in [0.25, 0.3) is 5.91 Å². The lowest BCUT2D eigenvalue weighted by Crippen LogP contribution is -2.42. The zero-order valence-corrected chi connectivity index (χ0v) is 18.3. The number of amides is 1. The van der Waals surface area contributed by atoms with Gasteiger partial charge in [-0.2, -0.15) is 0 Å². The van der Waals surface area contributed by atoms with E-state index in [2.05, 4.69) is 33.4 Å². The van der Waals surface area contributed by atoms with Crippen molar-refractivity contribution in [2.24, 2.45) is 0 Å². The van der Waals surface area contributed by atoms with Crippen molar-refractivity contribution in [3.05, 3.63) is 81.5 Å². The summed E-state index contributed by atoms with van der Waals surface area (Å²) < 4.78 is 13.0. The van der Waals surface area contributed by atoms with Crippen molar-refractivity contribution in [2.75, 3.05) is 0 Å². The smallest absolute Gasteiger partial charge is 0.286 e. The molecule has 0 spiro atoms. The number of carbonyl (C=O) groups excluding carboxylic acids is 1. The molecule has 2 N–H and O–H groups in total. The molecule has 1 aliphatic carbocycles. The number of benzene rings is 2. The van der Waals surface area contributed by atoms with E-state index < -0.39 is 6.29 Å². The summed E-state index contributed by atoms with van der Waals surface area (Å²) in [6, 6.07) is 16.0. The van der Waals surface area contributed by atoms with Crippen molar-refractivity contribution >= 4 is 21.8 Å². The molecule has 2 aromatic rings. The van der Waals surface area contributed by atoms with Crippen LogP contribution in [-0.4, -0.2) is 23.3 Å². The van der Waals surface area contributed by atoms with Crippen LogP contribution in [0.15, 0.2) is 64.8 Å². The summed E-state index contributed by atoms with van der Waals surface area (Å²) in [4.78, 5) is 12.7. The molecule has 2 atom stereocenters. The highest BCUT2D eigenvalue weighted by molar-refractivity contribution is 9.10. The van der Waals surface area contributed by atoms with Gasteiger partial charge in [-0.05, 0) is 54.2 Å². The summed E-state index contributed by atoms with van der Waals surface area (Å²) >= 11 is 3.47. The molecule has 0 radical (unpaired) electrons. The number of aliphatic hydroxyl groups excluding tert-OH is 1. The second-order valence-corrected chi connectivity index (χ2v) is 8.77. The highest BCUT2D eigenvalue weighted by Gasteiger charge is 2.30. The van der Waals surface area contributed by atoms with Crippen molar-refractivity contribution in [1.82, 2.24) is 5.32 Å². The minimum Gasteiger partial charge on any atom is -0.459 e. The summed E-state index contributed by atoms with van der Waals surface area (Å²) in [5.41, 5.74) is 2.98. The highest BCUT2D eigenvalue weighted by Crippen LogP contribution is 2.33. The minimum atomic E-state index is -0.511. The molecule has 1 amide bonds. The Kier molecular flexibility index (Phi) is 6.87. The number of aliphatic hydroxyl groups is 1. The van der Waals surface area contributed by atoms with Gasteiger partial charge >= 0.3 is 0 Å². The molecular formula is C24H26BrNO4.